The van der Waals surface area contributed by atoms with Crippen LogP contribution in [-0.2, 0) is 20.7 Å². The van der Waals surface area contributed by atoms with Crippen LogP contribution in [0.2, 0.25) is 0 Å². The lowest BCUT2D eigenvalue weighted by molar-refractivity contribution is -0.130. The summed E-state index contributed by atoms with van der Waals surface area (Å²) in [5.74, 6) is 0.123. The molecule has 0 fully saturated rings. The molecule has 1 amide bonds. The van der Waals surface area contributed by atoms with Crippen LogP contribution in [0, 0.1) is 0 Å². The molecule has 1 unspecified atom stereocenters. The van der Waals surface area contributed by atoms with E-state index in [2.05, 4.69) is 10.6 Å². The Hall–Kier alpha value is -3.20. The Kier molecular flexibility index (Phi) is 12.5. The summed E-state index contributed by atoms with van der Waals surface area (Å²) in [6.45, 7) is 2.75. The highest BCUT2D eigenvalue weighted by Crippen LogP contribution is 2.33. The van der Waals surface area contributed by atoms with Gasteiger partial charge in [0, 0.05) is 46.0 Å². The summed E-state index contributed by atoms with van der Waals surface area (Å²) in [6, 6.07) is 12.9. The standard InChI is InChI=1S/C27H37N3O5/c1-28-27-23(11-6-17-31)22(12-13-24(27)32)25(33)20-29-14-7-15-30(16-8-18-35-2)26(34)19-21-9-4-3-5-10-21/h3-6,9-13,17,25,28-29,32-33H,7-8,14-16,18-20H2,1-2H3/b11-6-. The number of phenolic OH excluding ortho intramolecular Hbond substituents is 1. The second kappa shape index (κ2) is 15.7. The molecule has 4 N–H and O–H groups in total. The zero-order valence-corrected chi connectivity index (χ0v) is 20.6. The molecule has 2 aromatic rings. The molecule has 8 heteroatoms. The molecular weight excluding hydrogens is 446 g/mol. The van der Waals surface area contributed by atoms with Crippen molar-refractivity contribution in [2.24, 2.45) is 0 Å². The predicted molar refractivity (Wildman–Crippen MR) is 138 cm³/mol. The number of aliphatic hydroxyl groups is 1. The number of phenols is 1. The molecule has 2 rings (SSSR count). The van der Waals surface area contributed by atoms with Gasteiger partial charge in [0.05, 0.1) is 18.2 Å². The number of aromatic hydroxyl groups is 1. The van der Waals surface area contributed by atoms with Gasteiger partial charge in [-0.05, 0) is 48.7 Å². The number of allylic oxidation sites excluding steroid dienone is 1. The summed E-state index contributed by atoms with van der Waals surface area (Å²) in [4.78, 5) is 25.5. The number of aldehydes is 1. The summed E-state index contributed by atoms with van der Waals surface area (Å²) in [6.07, 6.45) is 4.56. The molecule has 35 heavy (non-hydrogen) atoms. The molecule has 0 saturated carbocycles. The summed E-state index contributed by atoms with van der Waals surface area (Å²) in [7, 11) is 3.32. The lowest BCUT2D eigenvalue weighted by Crippen LogP contribution is -2.36. The van der Waals surface area contributed by atoms with Gasteiger partial charge in [-0.2, -0.15) is 0 Å². The zero-order valence-electron chi connectivity index (χ0n) is 20.6. The number of ether oxygens (including phenoxy) is 1. The van der Waals surface area contributed by atoms with Crippen molar-refractivity contribution in [2.45, 2.75) is 25.4 Å². The van der Waals surface area contributed by atoms with Gasteiger partial charge in [-0.15, -0.1) is 0 Å². The molecule has 0 saturated heterocycles. The maximum Gasteiger partial charge on any atom is 0.226 e. The summed E-state index contributed by atoms with van der Waals surface area (Å²) < 4.78 is 5.14. The van der Waals surface area contributed by atoms with Crippen LogP contribution >= 0.6 is 0 Å². The molecule has 8 nitrogen and oxygen atoms in total. The summed E-state index contributed by atoms with van der Waals surface area (Å²) >= 11 is 0. The fraction of sp³-hybridized carbons (Fsp3) is 0.407. The van der Waals surface area contributed by atoms with Gasteiger partial charge in [0.15, 0.2) is 0 Å². The molecular formula is C27H37N3O5. The normalized spacial score (nSPS) is 12.0. The van der Waals surface area contributed by atoms with Crippen LogP contribution in [0.3, 0.4) is 0 Å². The van der Waals surface area contributed by atoms with Gasteiger partial charge in [0.2, 0.25) is 5.91 Å². The van der Waals surface area contributed by atoms with E-state index in [1.54, 1.807) is 26.3 Å². The largest absolute Gasteiger partial charge is 0.506 e. The van der Waals surface area contributed by atoms with Gasteiger partial charge in [-0.1, -0.05) is 36.4 Å². The van der Waals surface area contributed by atoms with Gasteiger partial charge in [-0.3, -0.25) is 9.59 Å². The lowest BCUT2D eigenvalue weighted by atomic mass is 9.99. The van der Waals surface area contributed by atoms with Crippen LogP contribution in [0.25, 0.3) is 6.08 Å². The minimum Gasteiger partial charge on any atom is -0.506 e. The number of aliphatic hydroxyl groups excluding tert-OH is 1. The highest BCUT2D eigenvalue weighted by atomic mass is 16.5. The Balaban J connectivity index is 1.91. The van der Waals surface area contributed by atoms with E-state index >= 15 is 0 Å². The van der Waals surface area contributed by atoms with Crippen LogP contribution in [0.4, 0.5) is 5.69 Å². The van der Waals surface area contributed by atoms with Crippen molar-refractivity contribution in [1.29, 1.82) is 0 Å². The third-order valence-electron chi connectivity index (χ3n) is 5.65. The van der Waals surface area contributed by atoms with E-state index in [0.717, 1.165) is 18.4 Å². The number of hydrogen-bond acceptors (Lipinski definition) is 7. The number of carbonyl (C=O) groups is 2. The van der Waals surface area contributed by atoms with Gasteiger partial charge in [0.1, 0.15) is 12.0 Å². The molecule has 0 radical (unpaired) electrons. The Morgan fingerprint density at radius 1 is 1.14 bits per heavy atom. The van der Waals surface area contributed by atoms with Crippen molar-refractivity contribution >= 4 is 24.0 Å². The second-order valence-electron chi connectivity index (χ2n) is 8.17. The SMILES string of the molecule is CNc1c(O)ccc(C(O)CNCCCN(CCCOC)C(=O)Cc2ccccc2)c1/C=C\C=O. The number of rotatable bonds is 16. The fourth-order valence-electron chi connectivity index (χ4n) is 3.88. The highest BCUT2D eigenvalue weighted by Gasteiger charge is 2.17. The third-order valence-corrected chi connectivity index (χ3v) is 5.65. The van der Waals surface area contributed by atoms with E-state index in [0.29, 0.717) is 55.8 Å². The molecule has 2 aromatic carbocycles. The van der Waals surface area contributed by atoms with Gasteiger partial charge in [0.25, 0.3) is 0 Å². The Morgan fingerprint density at radius 2 is 1.89 bits per heavy atom. The molecule has 0 aromatic heterocycles. The van der Waals surface area contributed by atoms with E-state index in [-0.39, 0.29) is 18.2 Å². The summed E-state index contributed by atoms with van der Waals surface area (Å²) in [5, 5.41) is 27.0. The van der Waals surface area contributed by atoms with Gasteiger partial charge < -0.3 is 30.5 Å². The number of nitrogens with zero attached hydrogens (tertiary/aromatic N) is 1. The van der Waals surface area contributed by atoms with Crippen molar-refractivity contribution in [3.63, 3.8) is 0 Å². The smallest absolute Gasteiger partial charge is 0.226 e. The van der Waals surface area contributed by atoms with Crippen molar-refractivity contribution in [3.05, 3.63) is 65.2 Å². The minimum atomic E-state index is -0.841. The van der Waals surface area contributed by atoms with Crippen LogP contribution < -0.4 is 10.6 Å². The molecule has 0 spiro atoms. The Bertz CT molecular complexity index is 949. The minimum absolute atomic E-state index is 0.0377. The number of benzene rings is 2. The monoisotopic (exact) mass is 483 g/mol. The first kappa shape index (κ1) is 28.0. The first-order valence-electron chi connectivity index (χ1n) is 11.9. The van der Waals surface area contributed by atoms with Crippen molar-refractivity contribution in [2.75, 3.05) is 52.3 Å². The van der Waals surface area contributed by atoms with Crippen LogP contribution in [-0.4, -0.2) is 74.2 Å². The van der Waals surface area contributed by atoms with E-state index in [4.69, 9.17) is 4.74 Å². The molecule has 190 valence electrons. The maximum atomic E-state index is 12.8. The second-order valence-corrected chi connectivity index (χ2v) is 8.17. The maximum absolute atomic E-state index is 12.8. The summed E-state index contributed by atoms with van der Waals surface area (Å²) in [5.41, 5.74) is 2.59. The highest BCUT2D eigenvalue weighted by molar-refractivity contribution is 5.82. The average Bonchev–Trinajstić information content (AvgIpc) is 2.86. The molecule has 0 aliphatic rings. The third kappa shape index (κ3) is 9.16. The molecule has 0 aliphatic heterocycles. The number of anilines is 1. The Labute approximate surface area is 207 Å². The first-order chi connectivity index (χ1) is 17.0. The molecule has 0 bridgehead atoms. The number of carbonyl (C=O) groups excluding carboxylic acids is 2. The van der Waals surface area contributed by atoms with E-state index in [9.17, 15) is 19.8 Å². The predicted octanol–water partition coefficient (Wildman–Crippen LogP) is 2.77. The number of methoxy groups -OCH3 is 1. The average molecular weight is 484 g/mol. The van der Waals surface area contributed by atoms with Crippen molar-refractivity contribution in [3.8, 4) is 5.75 Å². The van der Waals surface area contributed by atoms with E-state index in [1.165, 1.54) is 12.1 Å². The molecule has 0 aliphatic carbocycles. The number of nitrogens with one attached hydrogen (secondary N) is 2. The van der Waals surface area contributed by atoms with E-state index in [1.807, 2.05) is 35.2 Å². The van der Waals surface area contributed by atoms with E-state index < -0.39 is 6.10 Å². The number of hydrogen-bond donors (Lipinski definition) is 4. The van der Waals surface area contributed by atoms with Gasteiger partial charge >= 0.3 is 0 Å². The van der Waals surface area contributed by atoms with Crippen molar-refractivity contribution < 1.29 is 24.5 Å². The molecule has 0 heterocycles. The number of amides is 1. The van der Waals surface area contributed by atoms with Crippen LogP contribution in [0.5, 0.6) is 5.75 Å². The first-order valence-corrected chi connectivity index (χ1v) is 11.9. The zero-order chi connectivity index (χ0) is 25.5. The van der Waals surface area contributed by atoms with Crippen LogP contribution in [0.1, 0.15) is 35.6 Å². The quantitative estimate of drug-likeness (QED) is 0.126. The van der Waals surface area contributed by atoms with Gasteiger partial charge in [-0.25, -0.2) is 0 Å². The fourth-order valence-corrected chi connectivity index (χ4v) is 3.88. The van der Waals surface area contributed by atoms with Crippen LogP contribution in [0.15, 0.2) is 48.5 Å². The van der Waals surface area contributed by atoms with Crippen molar-refractivity contribution in [1.82, 2.24) is 10.2 Å². The Morgan fingerprint density at radius 3 is 2.57 bits per heavy atom. The molecule has 1 atom stereocenters. The topological polar surface area (TPSA) is 111 Å². The lowest BCUT2D eigenvalue weighted by Gasteiger charge is -2.23.